The Morgan fingerprint density at radius 3 is 2.26 bits per heavy atom. The summed E-state index contributed by atoms with van der Waals surface area (Å²) < 4.78 is 5.54. The second kappa shape index (κ2) is 10.5. The zero-order chi connectivity index (χ0) is 21.5. The average Bonchev–Trinajstić information content (AvgIpc) is 2.84. The molecule has 31 heavy (non-hydrogen) atoms. The van der Waals surface area contributed by atoms with Crippen LogP contribution in [0.25, 0.3) is 0 Å². The first-order chi connectivity index (χ1) is 15.2. The first-order valence-electron chi connectivity index (χ1n) is 10.6. The molecule has 4 rings (SSSR count). The largest absolute Gasteiger partial charge is 0.496 e. The summed E-state index contributed by atoms with van der Waals surface area (Å²) in [5.41, 5.74) is 3.10. The number of carbonyl (C=O) groups excluding carboxylic acids is 1. The van der Waals surface area contributed by atoms with Crippen LogP contribution in [0.1, 0.15) is 21.5 Å². The van der Waals surface area contributed by atoms with Crippen LogP contribution in [0.5, 0.6) is 5.75 Å². The molecule has 0 saturated carbocycles. The van der Waals surface area contributed by atoms with Crippen molar-refractivity contribution in [3.05, 3.63) is 95.6 Å². The summed E-state index contributed by atoms with van der Waals surface area (Å²) in [7, 11) is 1.68. The maximum absolute atomic E-state index is 13.2. The Labute approximate surface area is 188 Å². The average molecular weight is 433 g/mol. The van der Waals surface area contributed by atoms with E-state index in [0.717, 1.165) is 55.4 Å². The number of thioether (sulfide) groups is 1. The second-order valence-electron chi connectivity index (χ2n) is 7.68. The Hall–Kier alpha value is -2.76. The normalized spacial score (nSPS) is 14.4. The Bertz CT molecular complexity index is 987. The molecule has 4 nitrogen and oxygen atoms in total. The van der Waals surface area contributed by atoms with E-state index in [0.29, 0.717) is 0 Å². The van der Waals surface area contributed by atoms with Crippen LogP contribution < -0.4 is 4.74 Å². The molecular formula is C26H28N2O2S. The minimum atomic E-state index is 0.105. The number of ether oxygens (including phenoxy) is 1. The third-order valence-electron chi connectivity index (χ3n) is 5.57. The van der Waals surface area contributed by atoms with Gasteiger partial charge in [0.05, 0.1) is 7.11 Å². The van der Waals surface area contributed by atoms with Gasteiger partial charge >= 0.3 is 0 Å². The van der Waals surface area contributed by atoms with Crippen molar-refractivity contribution in [3.8, 4) is 5.75 Å². The van der Waals surface area contributed by atoms with Crippen molar-refractivity contribution in [3.63, 3.8) is 0 Å². The number of hydrogen-bond acceptors (Lipinski definition) is 4. The van der Waals surface area contributed by atoms with E-state index in [9.17, 15) is 4.79 Å². The molecule has 160 valence electrons. The van der Waals surface area contributed by atoms with E-state index >= 15 is 0 Å². The highest BCUT2D eigenvalue weighted by atomic mass is 32.2. The number of rotatable bonds is 7. The van der Waals surface area contributed by atoms with Gasteiger partial charge in [0.15, 0.2) is 0 Å². The van der Waals surface area contributed by atoms with Crippen molar-refractivity contribution < 1.29 is 9.53 Å². The Morgan fingerprint density at radius 1 is 0.903 bits per heavy atom. The maximum atomic E-state index is 13.2. The van der Waals surface area contributed by atoms with Gasteiger partial charge in [-0.15, -0.1) is 11.8 Å². The molecule has 1 aliphatic heterocycles. The number of hydrogen-bond donors (Lipinski definition) is 0. The molecule has 0 aromatic heterocycles. The Morgan fingerprint density at radius 2 is 1.58 bits per heavy atom. The molecule has 0 unspecified atom stereocenters. The molecule has 1 heterocycles. The van der Waals surface area contributed by atoms with Gasteiger partial charge in [0, 0.05) is 54.5 Å². The standard InChI is InChI=1S/C26H28N2O2S/c1-30-25-13-12-22(18-23(25)20-31-24-10-6-3-7-11-24)26(29)28-16-14-27(15-17-28)19-21-8-4-2-5-9-21/h2-13,18H,14-17,19-20H2,1H3. The topological polar surface area (TPSA) is 32.8 Å². The number of nitrogens with zero attached hydrogens (tertiary/aromatic N) is 2. The number of carbonyl (C=O) groups is 1. The van der Waals surface area contributed by atoms with Crippen LogP contribution in [0.15, 0.2) is 83.8 Å². The summed E-state index contributed by atoms with van der Waals surface area (Å²) in [6, 6.07) is 26.6. The van der Waals surface area contributed by atoms with E-state index in [1.54, 1.807) is 18.9 Å². The van der Waals surface area contributed by atoms with Crippen molar-refractivity contribution in [2.75, 3.05) is 33.3 Å². The van der Waals surface area contributed by atoms with E-state index < -0.39 is 0 Å². The van der Waals surface area contributed by atoms with Crippen molar-refractivity contribution in [2.24, 2.45) is 0 Å². The number of benzene rings is 3. The fourth-order valence-corrected chi connectivity index (χ4v) is 4.73. The maximum Gasteiger partial charge on any atom is 0.253 e. The van der Waals surface area contributed by atoms with Gasteiger partial charge in [0.25, 0.3) is 5.91 Å². The number of methoxy groups -OCH3 is 1. The fraction of sp³-hybridized carbons (Fsp3) is 0.269. The Kier molecular flexibility index (Phi) is 7.28. The van der Waals surface area contributed by atoms with Gasteiger partial charge in [-0.3, -0.25) is 9.69 Å². The van der Waals surface area contributed by atoms with E-state index in [-0.39, 0.29) is 5.91 Å². The summed E-state index contributed by atoms with van der Waals surface area (Å²) in [5, 5.41) is 0. The van der Waals surface area contributed by atoms with Crippen molar-refractivity contribution >= 4 is 17.7 Å². The molecule has 0 aliphatic carbocycles. The minimum Gasteiger partial charge on any atom is -0.496 e. The van der Waals surface area contributed by atoms with E-state index in [2.05, 4.69) is 41.3 Å². The van der Waals surface area contributed by atoms with E-state index in [1.807, 2.05) is 47.4 Å². The monoisotopic (exact) mass is 432 g/mol. The first-order valence-corrected chi connectivity index (χ1v) is 11.6. The molecule has 5 heteroatoms. The summed E-state index contributed by atoms with van der Waals surface area (Å²) >= 11 is 1.75. The highest BCUT2D eigenvalue weighted by Crippen LogP contribution is 2.29. The van der Waals surface area contributed by atoms with Crippen LogP contribution in [-0.2, 0) is 12.3 Å². The summed E-state index contributed by atoms with van der Waals surface area (Å²) in [6.07, 6.45) is 0. The molecule has 0 atom stereocenters. The second-order valence-corrected chi connectivity index (χ2v) is 8.73. The molecule has 1 amide bonds. The van der Waals surface area contributed by atoms with Gasteiger partial charge in [-0.1, -0.05) is 48.5 Å². The van der Waals surface area contributed by atoms with Crippen LogP contribution >= 0.6 is 11.8 Å². The molecule has 1 saturated heterocycles. The van der Waals surface area contributed by atoms with Gasteiger partial charge in [0.1, 0.15) is 5.75 Å². The first kappa shape index (κ1) is 21.5. The lowest BCUT2D eigenvalue weighted by Gasteiger charge is -2.35. The van der Waals surface area contributed by atoms with Crippen molar-refractivity contribution in [1.29, 1.82) is 0 Å². The Balaban J connectivity index is 1.38. The molecule has 0 radical (unpaired) electrons. The summed E-state index contributed by atoms with van der Waals surface area (Å²) in [4.78, 5) is 18.7. The van der Waals surface area contributed by atoms with Gasteiger partial charge < -0.3 is 9.64 Å². The van der Waals surface area contributed by atoms with Gasteiger partial charge in [0.2, 0.25) is 0 Å². The lowest BCUT2D eigenvalue weighted by Crippen LogP contribution is -2.48. The van der Waals surface area contributed by atoms with Crippen molar-refractivity contribution in [2.45, 2.75) is 17.2 Å². The van der Waals surface area contributed by atoms with Crippen LogP contribution in [-0.4, -0.2) is 49.0 Å². The molecule has 0 spiro atoms. The minimum absolute atomic E-state index is 0.105. The molecule has 1 aliphatic rings. The van der Waals surface area contributed by atoms with Crippen molar-refractivity contribution in [1.82, 2.24) is 9.80 Å². The predicted octanol–water partition coefficient (Wildman–Crippen LogP) is 4.95. The number of amides is 1. The fourth-order valence-electron chi connectivity index (χ4n) is 3.84. The highest BCUT2D eigenvalue weighted by molar-refractivity contribution is 7.98. The summed E-state index contributed by atoms with van der Waals surface area (Å²) in [6.45, 7) is 4.24. The number of piperazine rings is 1. The van der Waals surface area contributed by atoms with Gasteiger partial charge in [-0.2, -0.15) is 0 Å². The van der Waals surface area contributed by atoms with Gasteiger partial charge in [-0.05, 0) is 35.9 Å². The predicted molar refractivity (Wildman–Crippen MR) is 127 cm³/mol. The van der Waals surface area contributed by atoms with Crippen LogP contribution in [0, 0.1) is 0 Å². The lowest BCUT2D eigenvalue weighted by molar-refractivity contribution is 0.0628. The molecule has 0 N–H and O–H groups in total. The zero-order valence-electron chi connectivity index (χ0n) is 17.9. The van der Waals surface area contributed by atoms with E-state index in [4.69, 9.17) is 4.74 Å². The quantitative estimate of drug-likeness (QED) is 0.495. The van der Waals surface area contributed by atoms with Crippen LogP contribution in [0.4, 0.5) is 0 Å². The molecule has 3 aromatic rings. The molecule has 0 bridgehead atoms. The molecule has 1 fully saturated rings. The SMILES string of the molecule is COc1ccc(C(=O)N2CCN(Cc3ccccc3)CC2)cc1CSc1ccccc1. The highest BCUT2D eigenvalue weighted by Gasteiger charge is 2.23. The summed E-state index contributed by atoms with van der Waals surface area (Å²) in [5.74, 6) is 1.69. The lowest BCUT2D eigenvalue weighted by atomic mass is 10.1. The van der Waals surface area contributed by atoms with Gasteiger partial charge in [-0.25, -0.2) is 0 Å². The molecule has 3 aromatic carbocycles. The third-order valence-corrected chi connectivity index (χ3v) is 6.63. The van der Waals surface area contributed by atoms with Crippen LogP contribution in [0.3, 0.4) is 0 Å². The van der Waals surface area contributed by atoms with E-state index in [1.165, 1.54) is 10.5 Å². The third kappa shape index (κ3) is 5.69. The molecular weight excluding hydrogens is 404 g/mol. The smallest absolute Gasteiger partial charge is 0.253 e. The van der Waals surface area contributed by atoms with Crippen LogP contribution in [0.2, 0.25) is 0 Å². The zero-order valence-corrected chi connectivity index (χ0v) is 18.7.